The number of nitrogens with two attached hydrogens (primary N) is 1. The summed E-state index contributed by atoms with van der Waals surface area (Å²) < 4.78 is 33.0. The van der Waals surface area contributed by atoms with Crippen LogP contribution in [0.4, 0.5) is 14.5 Å². The molecule has 90 valence electrons. The second-order valence-corrected chi connectivity index (χ2v) is 3.48. The van der Waals surface area contributed by atoms with Crippen molar-refractivity contribution < 1.29 is 13.5 Å². The Morgan fingerprint density at radius 1 is 1.35 bits per heavy atom. The Morgan fingerprint density at radius 3 is 2.76 bits per heavy atom. The molecule has 2 aromatic rings. The summed E-state index contributed by atoms with van der Waals surface area (Å²) in [5, 5.41) is 7.43. The van der Waals surface area contributed by atoms with E-state index in [1.165, 1.54) is 4.68 Å². The lowest BCUT2D eigenvalue weighted by atomic mass is 10.3. The Bertz CT molecular complexity index is 541. The van der Waals surface area contributed by atoms with Gasteiger partial charge >= 0.3 is 0 Å². The summed E-state index contributed by atoms with van der Waals surface area (Å²) >= 11 is 0. The third-order valence-corrected chi connectivity index (χ3v) is 2.08. The SMILES string of the molecule is Cn1cc(COc2cc(F)c(N)cc2F)nn1. The summed E-state index contributed by atoms with van der Waals surface area (Å²) in [7, 11) is 1.69. The lowest BCUT2D eigenvalue weighted by Crippen LogP contribution is -2.00. The Kier molecular flexibility index (Phi) is 2.90. The zero-order valence-electron chi connectivity index (χ0n) is 9.02. The molecule has 2 N–H and O–H groups in total. The molecule has 0 saturated heterocycles. The van der Waals surface area contributed by atoms with Crippen LogP contribution in [0, 0.1) is 11.6 Å². The standard InChI is InChI=1S/C10H10F2N4O/c1-16-4-6(14-15-16)5-17-10-3-7(11)9(13)2-8(10)12/h2-4H,5,13H2,1H3. The molecule has 1 heterocycles. The normalized spacial score (nSPS) is 10.5. The largest absolute Gasteiger partial charge is 0.484 e. The molecule has 1 aromatic carbocycles. The number of ether oxygens (including phenoxy) is 1. The summed E-state index contributed by atoms with van der Waals surface area (Å²) in [4.78, 5) is 0. The summed E-state index contributed by atoms with van der Waals surface area (Å²) in [5.74, 6) is -1.64. The third kappa shape index (κ3) is 2.49. The van der Waals surface area contributed by atoms with Crippen molar-refractivity contribution in [1.29, 1.82) is 0 Å². The third-order valence-electron chi connectivity index (χ3n) is 2.08. The molecule has 0 saturated carbocycles. The van der Waals surface area contributed by atoms with Gasteiger partial charge in [0.05, 0.1) is 11.9 Å². The topological polar surface area (TPSA) is 66.0 Å². The Morgan fingerprint density at radius 2 is 2.12 bits per heavy atom. The van der Waals surface area contributed by atoms with E-state index >= 15 is 0 Å². The van der Waals surface area contributed by atoms with Gasteiger partial charge in [-0.15, -0.1) is 5.10 Å². The molecule has 17 heavy (non-hydrogen) atoms. The number of anilines is 1. The summed E-state index contributed by atoms with van der Waals surface area (Å²) in [5.41, 5.74) is 5.47. The predicted octanol–water partition coefficient (Wildman–Crippen LogP) is 1.25. The highest BCUT2D eigenvalue weighted by atomic mass is 19.1. The van der Waals surface area contributed by atoms with Crippen LogP contribution in [0.2, 0.25) is 0 Å². The molecule has 0 aliphatic heterocycles. The van der Waals surface area contributed by atoms with E-state index in [1.54, 1.807) is 13.2 Å². The van der Waals surface area contributed by atoms with Crippen LogP contribution in [0.3, 0.4) is 0 Å². The molecular weight excluding hydrogens is 230 g/mol. The van der Waals surface area contributed by atoms with Gasteiger partial charge in [-0.05, 0) is 0 Å². The number of aryl methyl sites for hydroxylation is 1. The molecule has 0 aliphatic carbocycles. The van der Waals surface area contributed by atoms with Crippen molar-refractivity contribution in [1.82, 2.24) is 15.0 Å². The highest BCUT2D eigenvalue weighted by Crippen LogP contribution is 2.23. The van der Waals surface area contributed by atoms with E-state index in [4.69, 9.17) is 10.5 Å². The van der Waals surface area contributed by atoms with E-state index in [9.17, 15) is 8.78 Å². The second-order valence-electron chi connectivity index (χ2n) is 3.48. The highest BCUT2D eigenvalue weighted by molar-refractivity contribution is 5.44. The number of nitrogens with zero attached hydrogens (tertiary/aromatic N) is 3. The molecular formula is C10H10F2N4O. The van der Waals surface area contributed by atoms with E-state index in [-0.39, 0.29) is 18.0 Å². The summed E-state index contributed by atoms with van der Waals surface area (Å²) in [6.45, 7) is 0.00805. The first-order chi connectivity index (χ1) is 8.06. The van der Waals surface area contributed by atoms with Crippen LogP contribution in [0.1, 0.15) is 5.69 Å². The monoisotopic (exact) mass is 240 g/mol. The smallest absolute Gasteiger partial charge is 0.167 e. The molecule has 1 aromatic heterocycles. The quantitative estimate of drug-likeness (QED) is 0.820. The Hall–Kier alpha value is -2.18. The Labute approximate surface area is 95.8 Å². The number of aromatic nitrogens is 3. The summed E-state index contributed by atoms with van der Waals surface area (Å²) in [6, 6.07) is 1.78. The van der Waals surface area contributed by atoms with Gasteiger partial charge in [0.1, 0.15) is 18.1 Å². The van der Waals surface area contributed by atoms with Crippen molar-refractivity contribution in [2.24, 2.45) is 7.05 Å². The molecule has 7 heteroatoms. The fourth-order valence-corrected chi connectivity index (χ4v) is 1.27. The number of hydrogen-bond acceptors (Lipinski definition) is 4. The zero-order chi connectivity index (χ0) is 12.4. The van der Waals surface area contributed by atoms with E-state index in [0.29, 0.717) is 5.69 Å². The van der Waals surface area contributed by atoms with Crippen molar-refractivity contribution in [3.63, 3.8) is 0 Å². The average molecular weight is 240 g/mol. The highest BCUT2D eigenvalue weighted by Gasteiger charge is 2.09. The van der Waals surface area contributed by atoms with Crippen LogP contribution in [-0.2, 0) is 13.7 Å². The van der Waals surface area contributed by atoms with Crippen molar-refractivity contribution in [2.45, 2.75) is 6.61 Å². The number of rotatable bonds is 3. The first-order valence-corrected chi connectivity index (χ1v) is 4.79. The molecule has 0 fully saturated rings. The van der Waals surface area contributed by atoms with Gasteiger partial charge in [0.2, 0.25) is 0 Å². The van der Waals surface area contributed by atoms with Gasteiger partial charge in [-0.2, -0.15) is 0 Å². The first-order valence-electron chi connectivity index (χ1n) is 4.79. The minimum Gasteiger partial charge on any atom is -0.484 e. The molecule has 0 radical (unpaired) electrons. The molecule has 0 amide bonds. The van der Waals surface area contributed by atoms with Crippen molar-refractivity contribution >= 4 is 5.69 Å². The lowest BCUT2D eigenvalue weighted by molar-refractivity contribution is 0.284. The van der Waals surface area contributed by atoms with E-state index in [0.717, 1.165) is 12.1 Å². The zero-order valence-corrected chi connectivity index (χ0v) is 9.02. The van der Waals surface area contributed by atoms with Crippen LogP contribution in [-0.4, -0.2) is 15.0 Å². The number of benzene rings is 1. The fourth-order valence-electron chi connectivity index (χ4n) is 1.27. The predicted molar refractivity (Wildman–Crippen MR) is 56.1 cm³/mol. The molecule has 0 unspecified atom stereocenters. The first kappa shape index (κ1) is 11.3. The molecule has 5 nitrogen and oxygen atoms in total. The van der Waals surface area contributed by atoms with Gasteiger partial charge in [-0.3, -0.25) is 4.68 Å². The number of halogens is 2. The molecule has 2 rings (SSSR count). The van der Waals surface area contributed by atoms with Crippen LogP contribution in [0.5, 0.6) is 5.75 Å². The van der Waals surface area contributed by atoms with Gasteiger partial charge < -0.3 is 10.5 Å². The van der Waals surface area contributed by atoms with Gasteiger partial charge in [0.25, 0.3) is 0 Å². The fraction of sp³-hybridized carbons (Fsp3) is 0.200. The minimum absolute atomic E-state index is 0.00805. The van der Waals surface area contributed by atoms with Gasteiger partial charge in [-0.1, -0.05) is 5.21 Å². The van der Waals surface area contributed by atoms with Gasteiger partial charge in [-0.25, -0.2) is 8.78 Å². The van der Waals surface area contributed by atoms with E-state index in [2.05, 4.69) is 10.3 Å². The van der Waals surface area contributed by atoms with Crippen LogP contribution >= 0.6 is 0 Å². The molecule has 0 atom stereocenters. The van der Waals surface area contributed by atoms with Crippen LogP contribution in [0.25, 0.3) is 0 Å². The van der Waals surface area contributed by atoms with Crippen molar-refractivity contribution in [2.75, 3.05) is 5.73 Å². The van der Waals surface area contributed by atoms with Crippen LogP contribution in [0.15, 0.2) is 18.3 Å². The Balaban J connectivity index is 2.11. The van der Waals surface area contributed by atoms with Gasteiger partial charge in [0.15, 0.2) is 11.6 Å². The maximum atomic E-state index is 13.3. The molecule has 0 spiro atoms. The lowest BCUT2D eigenvalue weighted by Gasteiger charge is -2.06. The van der Waals surface area contributed by atoms with E-state index in [1.807, 2.05) is 0 Å². The molecule has 0 bridgehead atoms. The van der Waals surface area contributed by atoms with Gasteiger partial charge in [0, 0.05) is 19.2 Å². The average Bonchev–Trinajstić information content (AvgIpc) is 2.68. The maximum absolute atomic E-state index is 13.3. The maximum Gasteiger partial charge on any atom is 0.167 e. The number of nitrogen functional groups attached to an aromatic ring is 1. The van der Waals surface area contributed by atoms with Crippen LogP contribution < -0.4 is 10.5 Å². The minimum atomic E-state index is -0.722. The van der Waals surface area contributed by atoms with E-state index < -0.39 is 11.6 Å². The second kappa shape index (κ2) is 4.36. The molecule has 0 aliphatic rings. The number of hydrogen-bond donors (Lipinski definition) is 1. The summed E-state index contributed by atoms with van der Waals surface area (Å²) in [6.07, 6.45) is 1.62. The van der Waals surface area contributed by atoms with Crippen molar-refractivity contribution in [3.05, 3.63) is 35.7 Å². The van der Waals surface area contributed by atoms with Crippen molar-refractivity contribution in [3.8, 4) is 5.75 Å².